The first-order valence-corrected chi connectivity index (χ1v) is 7.60. The zero-order valence-electron chi connectivity index (χ0n) is 12.4. The van der Waals surface area contributed by atoms with Crippen LogP contribution in [0.1, 0.15) is 55.1 Å². The van der Waals surface area contributed by atoms with E-state index in [1.807, 2.05) is 0 Å². The molecule has 1 heterocycles. The third-order valence-corrected chi connectivity index (χ3v) is 4.08. The molecule has 4 heteroatoms. The third-order valence-electron chi connectivity index (χ3n) is 4.08. The number of hydrogen-bond donors (Lipinski definition) is 2. The molecule has 2 N–H and O–H groups in total. The van der Waals surface area contributed by atoms with E-state index in [0.29, 0.717) is 11.3 Å². The van der Waals surface area contributed by atoms with Crippen molar-refractivity contribution in [3.05, 3.63) is 29.6 Å². The van der Waals surface area contributed by atoms with Crippen LogP contribution in [0.2, 0.25) is 0 Å². The van der Waals surface area contributed by atoms with Gasteiger partial charge in [-0.3, -0.25) is 4.79 Å². The lowest BCUT2D eigenvalue weighted by Crippen LogP contribution is -2.38. The van der Waals surface area contributed by atoms with Gasteiger partial charge in [0.25, 0.3) is 5.91 Å². The molecule has 0 saturated heterocycles. The zero-order valence-corrected chi connectivity index (χ0v) is 12.4. The fraction of sp³-hybridized carbons (Fsp3) is 0.529. The lowest BCUT2D eigenvalue weighted by Gasteiger charge is -2.28. The van der Waals surface area contributed by atoms with Crippen molar-refractivity contribution in [1.82, 2.24) is 10.3 Å². The summed E-state index contributed by atoms with van der Waals surface area (Å²) in [6.45, 7) is 2.00. The Kier molecular flexibility index (Phi) is 5.77. The molecule has 0 aromatic carbocycles. The Hall–Kier alpha value is -1.86. The van der Waals surface area contributed by atoms with Gasteiger partial charge in [-0.2, -0.15) is 0 Å². The summed E-state index contributed by atoms with van der Waals surface area (Å²) in [6, 6.07) is 3.73. The molecule has 1 aliphatic carbocycles. The van der Waals surface area contributed by atoms with Crippen LogP contribution in [0, 0.1) is 17.8 Å². The zero-order chi connectivity index (χ0) is 15.1. The molecule has 1 saturated carbocycles. The number of aliphatic hydroxyl groups excluding tert-OH is 1. The van der Waals surface area contributed by atoms with Crippen molar-refractivity contribution in [2.45, 2.75) is 45.1 Å². The van der Waals surface area contributed by atoms with Crippen molar-refractivity contribution >= 4 is 5.91 Å². The van der Waals surface area contributed by atoms with Gasteiger partial charge in [0.1, 0.15) is 12.3 Å². The summed E-state index contributed by atoms with van der Waals surface area (Å²) in [5.41, 5.74) is 0.905. The maximum absolute atomic E-state index is 12.3. The average Bonchev–Trinajstić information content (AvgIpc) is 2.54. The Morgan fingerprint density at radius 3 is 2.86 bits per heavy atom. The van der Waals surface area contributed by atoms with Gasteiger partial charge >= 0.3 is 0 Å². The normalized spacial score (nSPS) is 21.2. The van der Waals surface area contributed by atoms with Crippen LogP contribution in [0.25, 0.3) is 0 Å². The molecule has 0 bridgehead atoms. The molecule has 1 fully saturated rings. The predicted molar refractivity (Wildman–Crippen MR) is 81.7 cm³/mol. The number of carbonyl (C=O) groups is 1. The highest BCUT2D eigenvalue weighted by Gasteiger charge is 2.22. The second kappa shape index (κ2) is 7.80. The van der Waals surface area contributed by atoms with Gasteiger partial charge in [0.05, 0.1) is 5.56 Å². The highest BCUT2D eigenvalue weighted by Crippen LogP contribution is 2.26. The van der Waals surface area contributed by atoms with E-state index >= 15 is 0 Å². The van der Waals surface area contributed by atoms with Crippen molar-refractivity contribution in [1.29, 1.82) is 0 Å². The number of carbonyl (C=O) groups excluding carboxylic acids is 1. The SMILES string of the molecule is CCC1CCC(NC(=O)c2ncccc2C#CCO)CC1. The lowest BCUT2D eigenvalue weighted by molar-refractivity contribution is 0.0916. The fourth-order valence-corrected chi connectivity index (χ4v) is 2.79. The van der Waals surface area contributed by atoms with Crippen molar-refractivity contribution in [2.75, 3.05) is 6.61 Å². The van der Waals surface area contributed by atoms with Crippen molar-refractivity contribution in [3.63, 3.8) is 0 Å². The van der Waals surface area contributed by atoms with Gasteiger partial charge in [-0.05, 0) is 43.7 Å². The minimum atomic E-state index is -0.225. The van der Waals surface area contributed by atoms with E-state index in [4.69, 9.17) is 5.11 Å². The Morgan fingerprint density at radius 1 is 1.43 bits per heavy atom. The topological polar surface area (TPSA) is 62.2 Å². The maximum Gasteiger partial charge on any atom is 0.271 e. The average molecular weight is 286 g/mol. The van der Waals surface area contributed by atoms with E-state index in [9.17, 15) is 4.79 Å². The summed E-state index contributed by atoms with van der Waals surface area (Å²) >= 11 is 0. The number of amides is 1. The first kappa shape index (κ1) is 15.5. The standard InChI is InChI=1S/C17H22N2O2/c1-2-13-7-9-15(10-8-13)19-17(21)16-14(6-4-12-20)5-3-11-18-16/h3,5,11,13,15,20H,2,7-10,12H2,1H3,(H,19,21). The molecule has 4 nitrogen and oxygen atoms in total. The second-order valence-electron chi connectivity index (χ2n) is 5.46. The van der Waals surface area contributed by atoms with Gasteiger partial charge in [-0.1, -0.05) is 25.2 Å². The number of pyridine rings is 1. The Morgan fingerprint density at radius 2 is 2.19 bits per heavy atom. The molecule has 1 aromatic rings. The van der Waals surface area contributed by atoms with Crippen molar-refractivity contribution in [3.8, 4) is 11.8 Å². The van der Waals surface area contributed by atoms with Gasteiger partial charge in [0.2, 0.25) is 0 Å². The summed E-state index contributed by atoms with van der Waals surface area (Å²) in [6.07, 6.45) is 7.25. The Labute approximate surface area is 126 Å². The number of rotatable bonds is 3. The van der Waals surface area contributed by atoms with Crippen LogP contribution >= 0.6 is 0 Å². The monoisotopic (exact) mass is 286 g/mol. The van der Waals surface area contributed by atoms with Crippen LogP contribution in [-0.4, -0.2) is 28.6 Å². The Bertz CT molecular complexity index is 537. The molecule has 21 heavy (non-hydrogen) atoms. The predicted octanol–water partition coefficient (Wildman–Crippen LogP) is 2.12. The molecule has 0 spiro atoms. The maximum atomic E-state index is 12.3. The minimum absolute atomic E-state index is 0.169. The summed E-state index contributed by atoms with van der Waals surface area (Å²) in [5.74, 6) is 5.97. The van der Waals surface area contributed by atoms with Crippen LogP contribution in [0.15, 0.2) is 18.3 Å². The molecule has 1 amide bonds. The van der Waals surface area contributed by atoms with Crippen LogP contribution < -0.4 is 5.32 Å². The molecule has 112 valence electrons. The van der Waals surface area contributed by atoms with Crippen LogP contribution in [0.3, 0.4) is 0 Å². The first-order valence-electron chi connectivity index (χ1n) is 7.60. The van der Waals surface area contributed by atoms with Crippen molar-refractivity contribution in [2.24, 2.45) is 5.92 Å². The van der Waals surface area contributed by atoms with Gasteiger partial charge in [0.15, 0.2) is 0 Å². The minimum Gasteiger partial charge on any atom is -0.384 e. The second-order valence-corrected chi connectivity index (χ2v) is 5.46. The molecule has 0 aliphatic heterocycles. The first-order chi connectivity index (χ1) is 10.2. The largest absolute Gasteiger partial charge is 0.384 e. The molecule has 1 aromatic heterocycles. The van der Waals surface area contributed by atoms with E-state index in [1.165, 1.54) is 19.3 Å². The number of nitrogens with one attached hydrogen (secondary N) is 1. The molecular formula is C17H22N2O2. The Balaban J connectivity index is 2.01. The quantitative estimate of drug-likeness (QED) is 0.837. The van der Waals surface area contributed by atoms with E-state index in [1.54, 1.807) is 18.3 Å². The molecule has 0 unspecified atom stereocenters. The van der Waals surface area contributed by atoms with E-state index in [-0.39, 0.29) is 18.6 Å². The highest BCUT2D eigenvalue weighted by molar-refractivity contribution is 5.94. The highest BCUT2D eigenvalue weighted by atomic mass is 16.2. The molecule has 0 atom stereocenters. The van der Waals surface area contributed by atoms with E-state index < -0.39 is 0 Å². The fourth-order valence-electron chi connectivity index (χ4n) is 2.79. The third kappa shape index (κ3) is 4.30. The number of hydrogen-bond acceptors (Lipinski definition) is 3. The summed E-state index contributed by atoms with van der Waals surface area (Å²) in [4.78, 5) is 16.5. The van der Waals surface area contributed by atoms with Crippen LogP contribution in [-0.2, 0) is 0 Å². The van der Waals surface area contributed by atoms with Gasteiger partial charge in [-0.25, -0.2) is 4.98 Å². The molecule has 0 radical (unpaired) electrons. The van der Waals surface area contributed by atoms with Crippen LogP contribution in [0.4, 0.5) is 0 Å². The van der Waals surface area contributed by atoms with Gasteiger partial charge < -0.3 is 10.4 Å². The summed E-state index contributed by atoms with van der Waals surface area (Å²) in [5, 5.41) is 11.8. The summed E-state index contributed by atoms with van der Waals surface area (Å²) < 4.78 is 0. The van der Waals surface area contributed by atoms with E-state index in [2.05, 4.69) is 29.1 Å². The smallest absolute Gasteiger partial charge is 0.271 e. The van der Waals surface area contributed by atoms with Gasteiger partial charge in [-0.15, -0.1) is 0 Å². The lowest BCUT2D eigenvalue weighted by atomic mass is 9.84. The number of nitrogens with zero attached hydrogens (tertiary/aromatic N) is 1. The van der Waals surface area contributed by atoms with E-state index in [0.717, 1.165) is 18.8 Å². The summed E-state index contributed by atoms with van der Waals surface area (Å²) in [7, 11) is 0. The molecule has 2 rings (SSSR count). The molecular weight excluding hydrogens is 264 g/mol. The number of aromatic nitrogens is 1. The van der Waals surface area contributed by atoms with Crippen LogP contribution in [0.5, 0.6) is 0 Å². The molecule has 1 aliphatic rings. The number of aliphatic hydroxyl groups is 1. The van der Waals surface area contributed by atoms with Gasteiger partial charge in [0, 0.05) is 12.2 Å². The van der Waals surface area contributed by atoms with Crippen molar-refractivity contribution < 1.29 is 9.90 Å².